The number of likely N-dealkylation sites (N-methyl/N-ethyl adjacent to an activating group) is 1. The number of rotatable bonds is 7. The van der Waals surface area contributed by atoms with E-state index in [0.717, 1.165) is 5.56 Å². The Morgan fingerprint density at radius 1 is 1.32 bits per heavy atom. The molecule has 0 bridgehead atoms. The Kier molecular flexibility index (Phi) is 7.13. The van der Waals surface area contributed by atoms with E-state index in [1.54, 1.807) is 37.1 Å². The number of hydrogen-bond acceptors (Lipinski definition) is 3. The van der Waals surface area contributed by atoms with Crippen LogP contribution in [0.5, 0.6) is 0 Å². The van der Waals surface area contributed by atoms with Gasteiger partial charge in [0.1, 0.15) is 0 Å². The van der Waals surface area contributed by atoms with Crippen LogP contribution in [0.1, 0.15) is 25.5 Å². The predicted octanol–water partition coefficient (Wildman–Crippen LogP) is 2.82. The molecule has 0 saturated heterocycles. The number of carboxylic acid groups (broad SMARTS) is 1. The third-order valence-corrected chi connectivity index (χ3v) is 3.79. The summed E-state index contributed by atoms with van der Waals surface area (Å²) < 4.78 is 0. The maximum Gasteiger partial charge on any atom is 0.307 e. The average Bonchev–Trinajstić information content (AvgIpc) is 2.37. The van der Waals surface area contributed by atoms with Crippen LogP contribution in [-0.2, 0) is 9.59 Å². The predicted molar refractivity (Wildman–Crippen MR) is 87.3 cm³/mol. The molecule has 122 valence electrons. The van der Waals surface area contributed by atoms with Gasteiger partial charge in [-0.2, -0.15) is 0 Å². The molecule has 0 aromatic heterocycles. The van der Waals surface area contributed by atoms with Crippen molar-refractivity contribution in [3.63, 3.8) is 0 Å². The van der Waals surface area contributed by atoms with Crippen LogP contribution in [0, 0.1) is 5.92 Å². The van der Waals surface area contributed by atoms with Crippen molar-refractivity contribution >= 4 is 35.1 Å². The van der Waals surface area contributed by atoms with E-state index >= 15 is 0 Å². The quantitative estimate of drug-likeness (QED) is 0.796. The van der Waals surface area contributed by atoms with Crippen LogP contribution in [0.15, 0.2) is 18.2 Å². The van der Waals surface area contributed by atoms with Gasteiger partial charge >= 0.3 is 5.97 Å². The van der Waals surface area contributed by atoms with Crippen LogP contribution < -0.4 is 5.32 Å². The molecule has 2 unspecified atom stereocenters. The van der Waals surface area contributed by atoms with Gasteiger partial charge in [-0.05, 0) is 31.7 Å². The first kappa shape index (κ1) is 18.7. The van der Waals surface area contributed by atoms with Crippen LogP contribution in [0.25, 0.3) is 0 Å². The number of carbonyl (C=O) groups is 2. The Balaban J connectivity index is 2.55. The number of carbonyl (C=O) groups excluding carboxylic acids is 1. The number of aliphatic carboxylic acids is 1. The second-order valence-electron chi connectivity index (χ2n) is 5.39. The molecular formula is C15H20Cl2N2O3. The van der Waals surface area contributed by atoms with Crippen molar-refractivity contribution in [1.82, 2.24) is 10.2 Å². The first-order valence-corrected chi connectivity index (χ1v) is 7.62. The van der Waals surface area contributed by atoms with Gasteiger partial charge in [-0.3, -0.25) is 14.5 Å². The highest BCUT2D eigenvalue weighted by atomic mass is 35.5. The standard InChI is InChI=1S/C15H20Cl2N2O3/c1-9(15(21)22)7-19(3)8-14(20)18-10(2)12-5-4-11(16)6-13(12)17/h4-6,9-10H,7-8H2,1-3H3,(H,18,20)(H,21,22). The van der Waals surface area contributed by atoms with E-state index in [2.05, 4.69) is 5.32 Å². The summed E-state index contributed by atoms with van der Waals surface area (Å²) in [5.74, 6) is -1.60. The highest BCUT2D eigenvalue weighted by Crippen LogP contribution is 2.25. The largest absolute Gasteiger partial charge is 0.481 e. The van der Waals surface area contributed by atoms with Gasteiger partial charge in [-0.25, -0.2) is 0 Å². The minimum Gasteiger partial charge on any atom is -0.481 e. The number of amides is 1. The molecule has 1 amide bonds. The number of hydrogen-bond donors (Lipinski definition) is 2. The molecule has 22 heavy (non-hydrogen) atoms. The molecule has 1 aromatic rings. The summed E-state index contributed by atoms with van der Waals surface area (Å²) in [7, 11) is 1.71. The molecule has 1 aromatic carbocycles. The summed E-state index contributed by atoms with van der Waals surface area (Å²) >= 11 is 11.9. The van der Waals surface area contributed by atoms with Crippen LogP contribution in [0.4, 0.5) is 0 Å². The molecule has 0 spiro atoms. The van der Waals surface area contributed by atoms with Gasteiger partial charge < -0.3 is 10.4 Å². The van der Waals surface area contributed by atoms with E-state index in [9.17, 15) is 9.59 Å². The van der Waals surface area contributed by atoms with Gasteiger partial charge in [0.05, 0.1) is 18.5 Å². The van der Waals surface area contributed by atoms with Crippen molar-refractivity contribution in [3.8, 4) is 0 Å². The van der Waals surface area contributed by atoms with Crippen molar-refractivity contribution in [2.45, 2.75) is 19.9 Å². The SMILES string of the molecule is CC(CN(C)CC(=O)NC(C)c1ccc(Cl)cc1Cl)C(=O)O. The third-order valence-electron chi connectivity index (χ3n) is 3.23. The van der Waals surface area contributed by atoms with Gasteiger partial charge in [-0.1, -0.05) is 36.2 Å². The molecule has 0 heterocycles. The van der Waals surface area contributed by atoms with Crippen molar-refractivity contribution in [2.24, 2.45) is 5.92 Å². The zero-order valence-corrected chi connectivity index (χ0v) is 14.3. The van der Waals surface area contributed by atoms with Crippen molar-refractivity contribution in [2.75, 3.05) is 20.1 Å². The number of halogens is 2. The Morgan fingerprint density at radius 2 is 1.95 bits per heavy atom. The number of carboxylic acids is 1. The van der Waals surface area contributed by atoms with E-state index in [1.807, 2.05) is 6.92 Å². The summed E-state index contributed by atoms with van der Waals surface area (Å²) in [6, 6.07) is 4.85. The first-order valence-electron chi connectivity index (χ1n) is 6.86. The average molecular weight is 347 g/mol. The summed E-state index contributed by atoms with van der Waals surface area (Å²) in [4.78, 5) is 24.5. The van der Waals surface area contributed by atoms with Gasteiger partial charge in [0.15, 0.2) is 0 Å². The maximum atomic E-state index is 12.0. The van der Waals surface area contributed by atoms with Crippen molar-refractivity contribution in [1.29, 1.82) is 0 Å². The molecule has 0 fully saturated rings. The lowest BCUT2D eigenvalue weighted by molar-refractivity contribution is -0.142. The van der Waals surface area contributed by atoms with Gasteiger partial charge in [0.2, 0.25) is 5.91 Å². The minimum atomic E-state index is -0.881. The fourth-order valence-electron chi connectivity index (χ4n) is 2.07. The second kappa shape index (κ2) is 8.36. The zero-order chi connectivity index (χ0) is 16.9. The molecule has 7 heteroatoms. The molecule has 2 atom stereocenters. The molecule has 0 aliphatic heterocycles. The number of nitrogens with one attached hydrogen (secondary N) is 1. The lowest BCUT2D eigenvalue weighted by Gasteiger charge is -2.21. The maximum absolute atomic E-state index is 12.0. The summed E-state index contributed by atoms with van der Waals surface area (Å²) in [6.45, 7) is 3.85. The van der Waals surface area contributed by atoms with Crippen LogP contribution in [0.2, 0.25) is 10.0 Å². The molecule has 1 rings (SSSR count). The topological polar surface area (TPSA) is 69.6 Å². The molecule has 0 radical (unpaired) electrons. The zero-order valence-electron chi connectivity index (χ0n) is 12.8. The van der Waals surface area contributed by atoms with Crippen molar-refractivity contribution in [3.05, 3.63) is 33.8 Å². The van der Waals surface area contributed by atoms with E-state index in [-0.39, 0.29) is 18.5 Å². The summed E-state index contributed by atoms with van der Waals surface area (Å²) in [6.07, 6.45) is 0. The fourth-order valence-corrected chi connectivity index (χ4v) is 2.65. The lowest BCUT2D eigenvalue weighted by atomic mass is 10.1. The molecule has 2 N–H and O–H groups in total. The van der Waals surface area contributed by atoms with Gasteiger partial charge in [-0.15, -0.1) is 0 Å². The Labute approximate surface area is 140 Å². The van der Waals surface area contributed by atoms with E-state index < -0.39 is 11.9 Å². The Bertz CT molecular complexity index is 552. The highest BCUT2D eigenvalue weighted by molar-refractivity contribution is 6.35. The van der Waals surface area contributed by atoms with Crippen LogP contribution in [0.3, 0.4) is 0 Å². The molecule has 0 aliphatic carbocycles. The Hall–Kier alpha value is -1.30. The highest BCUT2D eigenvalue weighted by Gasteiger charge is 2.17. The third kappa shape index (κ3) is 5.83. The van der Waals surface area contributed by atoms with Crippen LogP contribution in [-0.4, -0.2) is 42.0 Å². The Morgan fingerprint density at radius 3 is 2.50 bits per heavy atom. The molecule has 0 aliphatic rings. The van der Waals surface area contributed by atoms with Crippen LogP contribution >= 0.6 is 23.2 Å². The molecule has 5 nitrogen and oxygen atoms in total. The first-order chi connectivity index (χ1) is 10.2. The molecule has 0 saturated carbocycles. The second-order valence-corrected chi connectivity index (χ2v) is 6.23. The van der Waals surface area contributed by atoms with Gasteiger partial charge in [0.25, 0.3) is 0 Å². The summed E-state index contributed by atoms with van der Waals surface area (Å²) in [5, 5.41) is 12.7. The summed E-state index contributed by atoms with van der Waals surface area (Å²) in [5.41, 5.74) is 0.779. The van der Waals surface area contributed by atoms with E-state index in [1.165, 1.54) is 0 Å². The van der Waals surface area contributed by atoms with Gasteiger partial charge in [0, 0.05) is 16.6 Å². The smallest absolute Gasteiger partial charge is 0.307 e. The normalized spacial score (nSPS) is 13.7. The minimum absolute atomic E-state index is 0.118. The lowest BCUT2D eigenvalue weighted by Crippen LogP contribution is -2.39. The number of benzene rings is 1. The fraction of sp³-hybridized carbons (Fsp3) is 0.467. The number of nitrogens with zero attached hydrogens (tertiary/aromatic N) is 1. The van der Waals surface area contributed by atoms with E-state index in [0.29, 0.717) is 16.6 Å². The van der Waals surface area contributed by atoms with Crippen molar-refractivity contribution < 1.29 is 14.7 Å². The van der Waals surface area contributed by atoms with E-state index in [4.69, 9.17) is 28.3 Å². The monoisotopic (exact) mass is 346 g/mol. The molecular weight excluding hydrogens is 327 g/mol.